The third-order valence-corrected chi connectivity index (χ3v) is 5.89. The van der Waals surface area contributed by atoms with Crippen LogP contribution in [-0.2, 0) is 9.53 Å². The standard InChI is InChI=1S/C23H23BrN2O2/c1-2-28-22(27)23-15-7-6-10-21(23)25-26(19-8-4-3-5-9-19)20(16-23)17-11-13-18(24)14-12-17/h3-5,8-9,11-14,16H,2,6-7,10,15H2,1H3. The number of hydrogen-bond donors (Lipinski definition) is 0. The van der Waals surface area contributed by atoms with Crippen LogP contribution in [0.25, 0.3) is 5.70 Å². The number of esters is 1. The maximum atomic E-state index is 13.1. The molecule has 1 unspecified atom stereocenters. The lowest BCUT2D eigenvalue weighted by Gasteiger charge is -2.40. The van der Waals surface area contributed by atoms with Gasteiger partial charge >= 0.3 is 5.97 Å². The number of hydrogen-bond acceptors (Lipinski definition) is 4. The molecule has 2 aromatic carbocycles. The monoisotopic (exact) mass is 438 g/mol. The Morgan fingerprint density at radius 2 is 1.89 bits per heavy atom. The first-order valence-corrected chi connectivity index (χ1v) is 10.5. The number of anilines is 1. The summed E-state index contributed by atoms with van der Waals surface area (Å²) >= 11 is 3.50. The average molecular weight is 439 g/mol. The molecule has 2 aromatic rings. The van der Waals surface area contributed by atoms with Gasteiger partial charge in [0, 0.05) is 4.47 Å². The van der Waals surface area contributed by atoms with Crippen LogP contribution in [0.15, 0.2) is 70.2 Å². The molecule has 1 heterocycles. The Morgan fingerprint density at radius 1 is 1.14 bits per heavy atom. The van der Waals surface area contributed by atoms with Gasteiger partial charge in [-0.25, -0.2) is 5.01 Å². The van der Waals surface area contributed by atoms with Gasteiger partial charge in [0.2, 0.25) is 0 Å². The molecule has 1 aliphatic carbocycles. The van der Waals surface area contributed by atoms with Gasteiger partial charge in [-0.2, -0.15) is 5.10 Å². The summed E-state index contributed by atoms with van der Waals surface area (Å²) < 4.78 is 6.51. The number of ether oxygens (including phenoxy) is 1. The van der Waals surface area contributed by atoms with E-state index >= 15 is 0 Å². The van der Waals surface area contributed by atoms with Crippen LogP contribution in [0, 0.1) is 5.41 Å². The molecule has 2 aliphatic rings. The Labute approximate surface area is 174 Å². The summed E-state index contributed by atoms with van der Waals surface area (Å²) in [6.07, 6.45) is 5.68. The van der Waals surface area contributed by atoms with Gasteiger partial charge in [-0.15, -0.1) is 0 Å². The molecule has 0 aromatic heterocycles. The molecule has 0 bridgehead atoms. The Balaban J connectivity index is 1.88. The third-order valence-electron chi connectivity index (χ3n) is 5.36. The summed E-state index contributed by atoms with van der Waals surface area (Å²) in [6, 6.07) is 18.2. The molecule has 0 spiro atoms. The zero-order valence-corrected chi connectivity index (χ0v) is 17.5. The molecule has 0 N–H and O–H groups in total. The number of rotatable bonds is 4. The van der Waals surface area contributed by atoms with E-state index in [9.17, 15) is 4.79 Å². The van der Waals surface area contributed by atoms with Crippen LogP contribution in [-0.4, -0.2) is 18.3 Å². The topological polar surface area (TPSA) is 41.9 Å². The fraction of sp³-hybridized carbons (Fsp3) is 0.304. The predicted molar refractivity (Wildman–Crippen MR) is 116 cm³/mol. The number of halogens is 1. The van der Waals surface area contributed by atoms with Crippen LogP contribution < -0.4 is 5.01 Å². The Kier molecular flexibility index (Phi) is 5.36. The van der Waals surface area contributed by atoms with Gasteiger partial charge in [-0.05, 0) is 62.1 Å². The molecular formula is C23H23BrN2O2. The fourth-order valence-electron chi connectivity index (χ4n) is 3.96. The predicted octanol–water partition coefficient (Wildman–Crippen LogP) is 5.79. The van der Waals surface area contributed by atoms with Crippen molar-refractivity contribution >= 4 is 39.0 Å². The summed E-state index contributed by atoms with van der Waals surface area (Å²) in [5.41, 5.74) is 3.05. The van der Waals surface area contributed by atoms with E-state index < -0.39 is 5.41 Å². The zero-order valence-electron chi connectivity index (χ0n) is 15.9. The molecule has 144 valence electrons. The van der Waals surface area contributed by atoms with Crippen molar-refractivity contribution in [3.05, 3.63) is 70.7 Å². The van der Waals surface area contributed by atoms with E-state index in [4.69, 9.17) is 9.84 Å². The Hall–Kier alpha value is -2.40. The quantitative estimate of drug-likeness (QED) is 0.567. The number of para-hydroxylation sites is 1. The first kappa shape index (κ1) is 18.9. The Bertz CT molecular complexity index is 921. The van der Waals surface area contributed by atoms with Gasteiger partial charge in [-0.3, -0.25) is 4.79 Å². The maximum Gasteiger partial charge on any atom is 0.321 e. The molecule has 1 fully saturated rings. The van der Waals surface area contributed by atoms with Crippen molar-refractivity contribution in [2.45, 2.75) is 32.6 Å². The van der Waals surface area contributed by atoms with E-state index in [2.05, 4.69) is 22.0 Å². The van der Waals surface area contributed by atoms with E-state index in [1.54, 1.807) is 0 Å². The molecule has 5 heteroatoms. The van der Waals surface area contributed by atoms with E-state index in [1.165, 1.54) is 0 Å². The van der Waals surface area contributed by atoms with Crippen LogP contribution in [0.5, 0.6) is 0 Å². The minimum Gasteiger partial charge on any atom is -0.465 e. The highest BCUT2D eigenvalue weighted by molar-refractivity contribution is 9.10. The molecule has 1 saturated carbocycles. The van der Waals surface area contributed by atoms with Crippen molar-refractivity contribution < 1.29 is 9.53 Å². The van der Waals surface area contributed by atoms with Crippen molar-refractivity contribution in [1.29, 1.82) is 0 Å². The summed E-state index contributed by atoms with van der Waals surface area (Å²) in [6.45, 7) is 2.23. The van der Waals surface area contributed by atoms with Crippen molar-refractivity contribution in [3.8, 4) is 0 Å². The van der Waals surface area contributed by atoms with Crippen LogP contribution in [0.1, 0.15) is 38.2 Å². The van der Waals surface area contributed by atoms with Crippen LogP contribution in [0.4, 0.5) is 5.69 Å². The van der Waals surface area contributed by atoms with Crippen molar-refractivity contribution in [2.24, 2.45) is 10.5 Å². The second-order valence-electron chi connectivity index (χ2n) is 7.13. The smallest absolute Gasteiger partial charge is 0.321 e. The second-order valence-corrected chi connectivity index (χ2v) is 8.05. The largest absolute Gasteiger partial charge is 0.465 e. The number of hydrazone groups is 1. The third kappa shape index (κ3) is 3.39. The molecule has 4 nitrogen and oxygen atoms in total. The van der Waals surface area contributed by atoms with Crippen molar-refractivity contribution in [2.75, 3.05) is 11.6 Å². The molecule has 0 radical (unpaired) electrons. The van der Waals surface area contributed by atoms with E-state index in [0.717, 1.165) is 52.8 Å². The van der Waals surface area contributed by atoms with E-state index in [0.29, 0.717) is 6.61 Å². The number of nitrogens with zero attached hydrogens (tertiary/aromatic N) is 2. The lowest BCUT2D eigenvalue weighted by molar-refractivity contribution is -0.149. The van der Waals surface area contributed by atoms with Gasteiger partial charge in [0.25, 0.3) is 0 Å². The zero-order chi connectivity index (χ0) is 19.6. The fourth-order valence-corrected chi connectivity index (χ4v) is 4.22. The van der Waals surface area contributed by atoms with Gasteiger partial charge < -0.3 is 4.74 Å². The number of carbonyl (C=O) groups excluding carboxylic acids is 1. The molecule has 0 saturated heterocycles. The lowest BCUT2D eigenvalue weighted by atomic mass is 9.70. The summed E-state index contributed by atoms with van der Waals surface area (Å²) in [4.78, 5) is 13.1. The summed E-state index contributed by atoms with van der Waals surface area (Å²) in [5, 5.41) is 6.96. The molecule has 0 amide bonds. The van der Waals surface area contributed by atoms with Gasteiger partial charge in [-0.1, -0.05) is 52.7 Å². The number of fused-ring (bicyclic) bond motifs is 1. The Morgan fingerprint density at radius 3 is 2.61 bits per heavy atom. The molecule has 1 aliphatic heterocycles. The van der Waals surface area contributed by atoms with Gasteiger partial charge in [0.1, 0.15) is 5.41 Å². The highest BCUT2D eigenvalue weighted by Crippen LogP contribution is 2.44. The normalized spacial score (nSPS) is 21.4. The summed E-state index contributed by atoms with van der Waals surface area (Å²) in [7, 11) is 0. The van der Waals surface area contributed by atoms with Crippen LogP contribution >= 0.6 is 15.9 Å². The highest BCUT2D eigenvalue weighted by atomic mass is 79.9. The average Bonchev–Trinajstić information content (AvgIpc) is 2.74. The molecular weight excluding hydrogens is 416 g/mol. The summed E-state index contributed by atoms with van der Waals surface area (Å²) in [5.74, 6) is -0.184. The minimum absolute atomic E-state index is 0.184. The first-order valence-electron chi connectivity index (χ1n) is 9.73. The van der Waals surface area contributed by atoms with Crippen LogP contribution in [0.2, 0.25) is 0 Å². The number of carbonyl (C=O) groups is 1. The van der Waals surface area contributed by atoms with Gasteiger partial charge in [0.05, 0.1) is 23.7 Å². The minimum atomic E-state index is -0.762. The first-order chi connectivity index (χ1) is 13.6. The second kappa shape index (κ2) is 7.92. The lowest BCUT2D eigenvalue weighted by Crippen LogP contribution is -2.45. The highest BCUT2D eigenvalue weighted by Gasteiger charge is 2.48. The molecule has 28 heavy (non-hydrogen) atoms. The molecule has 1 atom stereocenters. The SMILES string of the molecule is CCOC(=O)C12C=C(c3ccc(Br)cc3)N(c3ccccc3)N=C1CCCC2. The van der Waals surface area contributed by atoms with Crippen molar-refractivity contribution in [1.82, 2.24) is 0 Å². The maximum absolute atomic E-state index is 13.1. The molecule has 4 rings (SSSR count). The van der Waals surface area contributed by atoms with Crippen molar-refractivity contribution in [3.63, 3.8) is 0 Å². The van der Waals surface area contributed by atoms with E-state index in [1.807, 2.05) is 66.5 Å². The van der Waals surface area contributed by atoms with Crippen LogP contribution in [0.3, 0.4) is 0 Å². The van der Waals surface area contributed by atoms with Gasteiger partial charge in [0.15, 0.2) is 0 Å². The number of benzene rings is 2. The van der Waals surface area contributed by atoms with E-state index in [-0.39, 0.29) is 5.97 Å².